The Labute approximate surface area is 156 Å². The third kappa shape index (κ3) is 3.76. The van der Waals surface area contributed by atoms with E-state index in [2.05, 4.69) is 5.32 Å². The third-order valence-corrected chi connectivity index (χ3v) is 4.38. The van der Waals surface area contributed by atoms with Gasteiger partial charge in [-0.3, -0.25) is 19.3 Å². The fourth-order valence-electron chi connectivity index (χ4n) is 3.00. The van der Waals surface area contributed by atoms with Crippen molar-refractivity contribution >= 4 is 17.7 Å². The first kappa shape index (κ1) is 18.4. The van der Waals surface area contributed by atoms with Crippen molar-refractivity contribution in [3.05, 3.63) is 59.2 Å². The number of nitrogens with zero attached hydrogens (tertiary/aromatic N) is 1. The van der Waals surface area contributed by atoms with Gasteiger partial charge in [-0.2, -0.15) is 0 Å². The number of imide groups is 1. The monoisotopic (exact) mass is 368 g/mol. The van der Waals surface area contributed by atoms with Crippen LogP contribution in [0.5, 0.6) is 11.5 Å². The highest BCUT2D eigenvalue weighted by atomic mass is 16.5. The number of carbonyl (C=O) groups excluding carboxylic acids is 3. The number of fused-ring (bicyclic) bond motifs is 1. The molecule has 3 amide bonds. The van der Waals surface area contributed by atoms with E-state index in [0.717, 1.165) is 10.5 Å². The van der Waals surface area contributed by atoms with E-state index >= 15 is 0 Å². The molecule has 1 heterocycles. The van der Waals surface area contributed by atoms with Gasteiger partial charge in [0.15, 0.2) is 0 Å². The van der Waals surface area contributed by atoms with Crippen molar-refractivity contribution in [1.82, 2.24) is 10.2 Å². The van der Waals surface area contributed by atoms with Gasteiger partial charge in [0.05, 0.1) is 25.3 Å². The molecular weight excluding hydrogens is 348 g/mol. The van der Waals surface area contributed by atoms with E-state index in [1.165, 1.54) is 0 Å². The van der Waals surface area contributed by atoms with Gasteiger partial charge >= 0.3 is 0 Å². The molecule has 0 bridgehead atoms. The molecule has 27 heavy (non-hydrogen) atoms. The number of amides is 3. The maximum atomic E-state index is 12.3. The van der Waals surface area contributed by atoms with E-state index in [1.807, 2.05) is 6.07 Å². The topological polar surface area (TPSA) is 84.9 Å². The van der Waals surface area contributed by atoms with Gasteiger partial charge in [0.1, 0.15) is 18.0 Å². The van der Waals surface area contributed by atoms with Gasteiger partial charge in [-0.1, -0.05) is 12.1 Å². The van der Waals surface area contributed by atoms with Crippen molar-refractivity contribution in [2.45, 2.75) is 6.42 Å². The number of rotatable bonds is 7. The Balaban J connectivity index is 1.57. The molecule has 0 radical (unpaired) electrons. The van der Waals surface area contributed by atoms with Crippen molar-refractivity contribution in [2.75, 3.05) is 27.3 Å². The number of benzene rings is 2. The predicted octanol–water partition coefficient (Wildman–Crippen LogP) is 1.66. The molecule has 0 saturated carbocycles. The molecule has 7 heteroatoms. The Bertz CT molecular complexity index is 859. The van der Waals surface area contributed by atoms with Crippen LogP contribution < -0.4 is 14.8 Å². The van der Waals surface area contributed by atoms with Gasteiger partial charge in [0, 0.05) is 6.54 Å². The van der Waals surface area contributed by atoms with E-state index < -0.39 is 17.7 Å². The number of carbonyl (C=O) groups is 3. The summed E-state index contributed by atoms with van der Waals surface area (Å²) >= 11 is 0. The highest BCUT2D eigenvalue weighted by Crippen LogP contribution is 2.24. The van der Waals surface area contributed by atoms with Crippen molar-refractivity contribution in [1.29, 1.82) is 0 Å². The third-order valence-electron chi connectivity index (χ3n) is 4.38. The molecule has 0 atom stereocenters. The molecular formula is C20H20N2O5. The smallest absolute Gasteiger partial charge is 0.262 e. The molecule has 0 spiro atoms. The molecule has 0 aromatic heterocycles. The quantitative estimate of drug-likeness (QED) is 0.752. The largest absolute Gasteiger partial charge is 0.497 e. The van der Waals surface area contributed by atoms with Crippen LogP contribution in [0.15, 0.2) is 42.5 Å². The lowest BCUT2D eigenvalue weighted by molar-refractivity contribution is -0.121. The van der Waals surface area contributed by atoms with Crippen LogP contribution in [0, 0.1) is 0 Å². The summed E-state index contributed by atoms with van der Waals surface area (Å²) in [5.41, 5.74) is 1.55. The normalized spacial score (nSPS) is 12.7. The number of hydrogen-bond acceptors (Lipinski definition) is 5. The zero-order valence-electron chi connectivity index (χ0n) is 15.2. The van der Waals surface area contributed by atoms with Crippen LogP contribution in [0.3, 0.4) is 0 Å². The summed E-state index contributed by atoms with van der Waals surface area (Å²) in [5, 5.41) is 2.73. The Hall–Kier alpha value is -3.35. The maximum absolute atomic E-state index is 12.3. The van der Waals surface area contributed by atoms with Gasteiger partial charge in [0.25, 0.3) is 11.8 Å². The molecule has 140 valence electrons. The second kappa shape index (κ2) is 7.90. The highest BCUT2D eigenvalue weighted by molar-refractivity contribution is 6.22. The van der Waals surface area contributed by atoms with E-state index in [9.17, 15) is 14.4 Å². The van der Waals surface area contributed by atoms with Crippen LogP contribution in [0.1, 0.15) is 26.3 Å². The van der Waals surface area contributed by atoms with Gasteiger partial charge in [-0.25, -0.2) is 0 Å². The molecule has 2 aromatic rings. The van der Waals surface area contributed by atoms with Crippen LogP contribution >= 0.6 is 0 Å². The SMILES string of the molecule is COc1ccc(OC)c(CCNC(=O)CN2C(=O)c3ccccc3C2=O)c1. The average molecular weight is 368 g/mol. The van der Waals surface area contributed by atoms with E-state index in [4.69, 9.17) is 9.47 Å². The zero-order chi connectivity index (χ0) is 19.4. The van der Waals surface area contributed by atoms with Crippen LogP contribution in [0.25, 0.3) is 0 Å². The first-order valence-corrected chi connectivity index (χ1v) is 8.48. The fourth-order valence-corrected chi connectivity index (χ4v) is 3.00. The van der Waals surface area contributed by atoms with Crippen LogP contribution in [0.4, 0.5) is 0 Å². The van der Waals surface area contributed by atoms with Crippen LogP contribution in [-0.4, -0.2) is 49.9 Å². The number of hydrogen-bond donors (Lipinski definition) is 1. The number of methoxy groups -OCH3 is 2. The summed E-state index contributed by atoms with van der Waals surface area (Å²) in [6.07, 6.45) is 0.522. The lowest BCUT2D eigenvalue weighted by Gasteiger charge is -2.14. The van der Waals surface area contributed by atoms with Gasteiger partial charge in [-0.15, -0.1) is 0 Å². The molecule has 0 aliphatic carbocycles. The van der Waals surface area contributed by atoms with Crippen molar-refractivity contribution < 1.29 is 23.9 Å². The first-order valence-electron chi connectivity index (χ1n) is 8.48. The lowest BCUT2D eigenvalue weighted by atomic mass is 10.1. The summed E-state index contributed by atoms with van der Waals surface area (Å²) in [5.74, 6) is 0.111. The summed E-state index contributed by atoms with van der Waals surface area (Å²) in [6.45, 7) is 0.0348. The van der Waals surface area contributed by atoms with Crippen LogP contribution in [-0.2, 0) is 11.2 Å². The highest BCUT2D eigenvalue weighted by Gasteiger charge is 2.36. The van der Waals surface area contributed by atoms with E-state index in [1.54, 1.807) is 50.6 Å². The Morgan fingerprint density at radius 3 is 2.26 bits per heavy atom. The fraction of sp³-hybridized carbons (Fsp3) is 0.250. The summed E-state index contributed by atoms with van der Waals surface area (Å²) in [7, 11) is 3.15. The van der Waals surface area contributed by atoms with Gasteiger partial charge < -0.3 is 14.8 Å². The van der Waals surface area contributed by atoms with Gasteiger partial charge in [0.2, 0.25) is 5.91 Å². The van der Waals surface area contributed by atoms with Crippen molar-refractivity contribution in [2.24, 2.45) is 0 Å². The van der Waals surface area contributed by atoms with Crippen molar-refractivity contribution in [3.8, 4) is 11.5 Å². The van der Waals surface area contributed by atoms with E-state index in [0.29, 0.717) is 35.6 Å². The Morgan fingerprint density at radius 1 is 1.00 bits per heavy atom. The second-order valence-corrected chi connectivity index (χ2v) is 6.02. The minimum absolute atomic E-state index is 0.304. The average Bonchev–Trinajstić information content (AvgIpc) is 2.93. The van der Waals surface area contributed by atoms with Gasteiger partial charge in [-0.05, 0) is 42.3 Å². The molecule has 3 rings (SSSR count). The van der Waals surface area contributed by atoms with Crippen LogP contribution in [0.2, 0.25) is 0 Å². The van der Waals surface area contributed by atoms with E-state index in [-0.39, 0.29) is 6.54 Å². The summed E-state index contributed by atoms with van der Waals surface area (Å²) in [4.78, 5) is 37.7. The molecule has 1 aliphatic heterocycles. The zero-order valence-corrected chi connectivity index (χ0v) is 15.2. The minimum atomic E-state index is -0.444. The maximum Gasteiger partial charge on any atom is 0.262 e. The Kier molecular flexibility index (Phi) is 5.40. The summed E-state index contributed by atoms with van der Waals surface area (Å²) in [6, 6.07) is 12.0. The summed E-state index contributed by atoms with van der Waals surface area (Å²) < 4.78 is 10.5. The lowest BCUT2D eigenvalue weighted by Crippen LogP contribution is -2.40. The second-order valence-electron chi connectivity index (χ2n) is 6.02. The molecule has 1 aliphatic rings. The number of nitrogens with one attached hydrogen (secondary N) is 1. The Morgan fingerprint density at radius 2 is 1.67 bits per heavy atom. The minimum Gasteiger partial charge on any atom is -0.497 e. The molecule has 0 unspecified atom stereocenters. The first-order chi connectivity index (χ1) is 13.0. The molecule has 0 fully saturated rings. The van der Waals surface area contributed by atoms with Crippen molar-refractivity contribution in [3.63, 3.8) is 0 Å². The number of ether oxygens (including phenoxy) is 2. The molecule has 0 saturated heterocycles. The predicted molar refractivity (Wildman–Crippen MR) is 98.1 cm³/mol. The standard InChI is InChI=1S/C20H20N2O5/c1-26-14-7-8-17(27-2)13(11-14)9-10-21-18(23)12-22-19(24)15-5-3-4-6-16(15)20(22)25/h3-8,11H,9-10,12H2,1-2H3,(H,21,23). The molecule has 1 N–H and O–H groups in total. The molecule has 7 nitrogen and oxygen atoms in total. The molecule has 2 aromatic carbocycles.